The molecule has 2 rings (SSSR count). The minimum Gasteiger partial charge on any atom is -0.309 e. The summed E-state index contributed by atoms with van der Waals surface area (Å²) in [5.41, 5.74) is 1.35. The normalized spacial score (nSPS) is 21.8. The maximum absolute atomic E-state index is 4.45. The van der Waals surface area contributed by atoms with E-state index in [9.17, 15) is 0 Å². The van der Waals surface area contributed by atoms with E-state index in [0.29, 0.717) is 6.04 Å². The lowest BCUT2D eigenvalue weighted by Gasteiger charge is -2.32. The fraction of sp³-hybridized carbons (Fsp3) is 0.800. The van der Waals surface area contributed by atoms with E-state index in [2.05, 4.69) is 49.2 Å². The van der Waals surface area contributed by atoms with Gasteiger partial charge in [-0.25, -0.2) is 0 Å². The van der Waals surface area contributed by atoms with Crippen molar-refractivity contribution < 1.29 is 0 Å². The van der Waals surface area contributed by atoms with Gasteiger partial charge >= 0.3 is 0 Å². The van der Waals surface area contributed by atoms with Crippen LogP contribution in [0.3, 0.4) is 0 Å². The van der Waals surface area contributed by atoms with E-state index >= 15 is 0 Å². The summed E-state index contributed by atoms with van der Waals surface area (Å²) in [5, 5.41) is 8.12. The number of hydrogen-bond acceptors (Lipinski definition) is 3. The standard InChI is InChI=1S/C15H28N4/c1-5-18-8-6-7-14(12-18)16-9-13-10-17-19(11-13)15(2,3)4/h10-11,14,16H,5-9,12H2,1-4H3. The average molecular weight is 264 g/mol. The van der Waals surface area contributed by atoms with Gasteiger partial charge in [0.1, 0.15) is 0 Å². The lowest BCUT2D eigenvalue weighted by molar-refractivity contribution is 0.198. The Bertz CT molecular complexity index is 391. The maximum Gasteiger partial charge on any atom is 0.0543 e. The van der Waals surface area contributed by atoms with E-state index in [4.69, 9.17) is 0 Å². The van der Waals surface area contributed by atoms with Crippen molar-refractivity contribution in [2.75, 3.05) is 19.6 Å². The highest BCUT2D eigenvalue weighted by atomic mass is 15.3. The second kappa shape index (κ2) is 6.06. The summed E-state index contributed by atoms with van der Waals surface area (Å²) in [5.74, 6) is 0. The zero-order valence-corrected chi connectivity index (χ0v) is 12.8. The SMILES string of the molecule is CCN1CCCC(NCc2cnn(C(C)(C)C)c2)C1. The van der Waals surface area contributed by atoms with Crippen LogP contribution in [0, 0.1) is 0 Å². The van der Waals surface area contributed by atoms with Gasteiger partial charge in [-0.2, -0.15) is 5.10 Å². The van der Waals surface area contributed by atoms with E-state index in [1.54, 1.807) is 0 Å². The van der Waals surface area contributed by atoms with E-state index < -0.39 is 0 Å². The Balaban J connectivity index is 1.83. The van der Waals surface area contributed by atoms with Gasteiger partial charge in [0.2, 0.25) is 0 Å². The van der Waals surface area contributed by atoms with Crippen molar-refractivity contribution >= 4 is 0 Å². The van der Waals surface area contributed by atoms with Crippen LogP contribution in [0.1, 0.15) is 46.1 Å². The van der Waals surface area contributed by atoms with Crippen LogP contribution < -0.4 is 5.32 Å². The summed E-state index contributed by atoms with van der Waals surface area (Å²) < 4.78 is 2.04. The second-order valence-corrected chi connectivity index (χ2v) is 6.58. The van der Waals surface area contributed by atoms with Crippen molar-refractivity contribution in [2.45, 2.75) is 58.7 Å². The third-order valence-electron chi connectivity index (χ3n) is 3.87. The first-order valence-corrected chi connectivity index (χ1v) is 7.49. The van der Waals surface area contributed by atoms with Crippen LogP contribution in [0.25, 0.3) is 0 Å². The summed E-state index contributed by atoms with van der Waals surface area (Å²) in [7, 11) is 0. The molecule has 4 heteroatoms. The molecule has 0 aromatic carbocycles. The number of hydrogen-bond donors (Lipinski definition) is 1. The Morgan fingerprint density at radius 3 is 2.84 bits per heavy atom. The monoisotopic (exact) mass is 264 g/mol. The third-order valence-corrected chi connectivity index (χ3v) is 3.87. The average Bonchev–Trinajstić information content (AvgIpc) is 2.85. The lowest BCUT2D eigenvalue weighted by atomic mass is 10.1. The molecular weight excluding hydrogens is 236 g/mol. The highest BCUT2D eigenvalue weighted by molar-refractivity contribution is 5.05. The molecule has 1 aromatic rings. The quantitative estimate of drug-likeness (QED) is 0.905. The molecule has 1 aliphatic rings. The molecule has 1 aromatic heterocycles. The molecule has 0 amide bonds. The van der Waals surface area contributed by atoms with Gasteiger partial charge < -0.3 is 10.2 Å². The van der Waals surface area contributed by atoms with E-state index in [1.807, 2.05) is 10.9 Å². The molecule has 108 valence electrons. The van der Waals surface area contributed by atoms with Crippen LogP contribution in [-0.2, 0) is 12.1 Å². The smallest absolute Gasteiger partial charge is 0.0543 e. The molecular formula is C15H28N4. The van der Waals surface area contributed by atoms with Crippen molar-refractivity contribution in [1.82, 2.24) is 20.0 Å². The molecule has 4 nitrogen and oxygen atoms in total. The molecule has 2 heterocycles. The minimum absolute atomic E-state index is 0.0715. The Morgan fingerprint density at radius 1 is 1.42 bits per heavy atom. The second-order valence-electron chi connectivity index (χ2n) is 6.58. The van der Waals surface area contributed by atoms with Gasteiger partial charge in [0.15, 0.2) is 0 Å². The Hall–Kier alpha value is -0.870. The number of likely N-dealkylation sites (tertiary alicyclic amines) is 1. The molecule has 1 fully saturated rings. The number of nitrogens with zero attached hydrogens (tertiary/aromatic N) is 3. The summed E-state index contributed by atoms with van der Waals surface area (Å²) in [4.78, 5) is 2.53. The van der Waals surface area contributed by atoms with Crippen molar-refractivity contribution in [2.24, 2.45) is 0 Å². The molecule has 1 aliphatic heterocycles. The maximum atomic E-state index is 4.45. The van der Waals surface area contributed by atoms with Gasteiger partial charge in [-0.05, 0) is 46.7 Å². The van der Waals surface area contributed by atoms with Crippen molar-refractivity contribution in [3.05, 3.63) is 18.0 Å². The summed E-state index contributed by atoms with van der Waals surface area (Å²) in [6.07, 6.45) is 6.75. The van der Waals surface area contributed by atoms with Crippen molar-refractivity contribution in [1.29, 1.82) is 0 Å². The first-order chi connectivity index (χ1) is 8.99. The van der Waals surface area contributed by atoms with Crippen LogP contribution in [0.5, 0.6) is 0 Å². The third kappa shape index (κ3) is 4.05. The predicted molar refractivity (Wildman–Crippen MR) is 79.2 cm³/mol. The van der Waals surface area contributed by atoms with Crippen LogP contribution in [0.2, 0.25) is 0 Å². The van der Waals surface area contributed by atoms with Crippen LogP contribution in [-0.4, -0.2) is 40.4 Å². The zero-order chi connectivity index (χ0) is 13.9. The molecule has 1 unspecified atom stereocenters. The van der Waals surface area contributed by atoms with E-state index in [-0.39, 0.29) is 5.54 Å². The lowest BCUT2D eigenvalue weighted by Crippen LogP contribution is -2.45. The van der Waals surface area contributed by atoms with Gasteiger partial charge in [0, 0.05) is 30.9 Å². The fourth-order valence-electron chi connectivity index (χ4n) is 2.59. The molecule has 1 saturated heterocycles. The zero-order valence-electron chi connectivity index (χ0n) is 12.8. The number of nitrogens with one attached hydrogen (secondary N) is 1. The van der Waals surface area contributed by atoms with Crippen LogP contribution in [0.4, 0.5) is 0 Å². The number of likely N-dealkylation sites (N-methyl/N-ethyl adjacent to an activating group) is 1. The van der Waals surface area contributed by atoms with Gasteiger partial charge in [-0.3, -0.25) is 4.68 Å². The molecule has 1 N–H and O–H groups in total. The van der Waals surface area contributed by atoms with Crippen LogP contribution >= 0.6 is 0 Å². The van der Waals surface area contributed by atoms with Gasteiger partial charge in [-0.15, -0.1) is 0 Å². The highest BCUT2D eigenvalue weighted by Crippen LogP contribution is 2.14. The first-order valence-electron chi connectivity index (χ1n) is 7.49. The van der Waals surface area contributed by atoms with Crippen LogP contribution in [0.15, 0.2) is 12.4 Å². The van der Waals surface area contributed by atoms with Gasteiger partial charge in [0.25, 0.3) is 0 Å². The van der Waals surface area contributed by atoms with Gasteiger partial charge in [-0.1, -0.05) is 6.92 Å². The molecule has 0 radical (unpaired) electrons. The minimum atomic E-state index is 0.0715. The van der Waals surface area contributed by atoms with Gasteiger partial charge in [0.05, 0.1) is 11.7 Å². The molecule has 1 atom stereocenters. The molecule has 0 saturated carbocycles. The van der Waals surface area contributed by atoms with E-state index in [1.165, 1.54) is 38.0 Å². The summed E-state index contributed by atoms with van der Waals surface area (Å²) >= 11 is 0. The number of aromatic nitrogens is 2. The largest absolute Gasteiger partial charge is 0.309 e. The molecule has 19 heavy (non-hydrogen) atoms. The van der Waals surface area contributed by atoms with E-state index in [0.717, 1.165) is 6.54 Å². The topological polar surface area (TPSA) is 33.1 Å². The van der Waals surface area contributed by atoms with Crippen molar-refractivity contribution in [3.8, 4) is 0 Å². The fourth-order valence-corrected chi connectivity index (χ4v) is 2.59. The molecule has 0 spiro atoms. The Labute approximate surface area is 117 Å². The summed E-state index contributed by atoms with van der Waals surface area (Å²) in [6.45, 7) is 13.3. The summed E-state index contributed by atoms with van der Waals surface area (Å²) in [6, 6.07) is 0.631. The Morgan fingerprint density at radius 2 is 2.21 bits per heavy atom. The predicted octanol–water partition coefficient (Wildman–Crippen LogP) is 2.21. The number of rotatable bonds is 4. The Kier molecular flexibility index (Phi) is 4.63. The number of piperidine rings is 1. The first kappa shape index (κ1) is 14.5. The van der Waals surface area contributed by atoms with Crippen molar-refractivity contribution in [3.63, 3.8) is 0 Å². The molecule has 0 aliphatic carbocycles. The molecule has 0 bridgehead atoms. The highest BCUT2D eigenvalue weighted by Gasteiger charge is 2.18.